The summed E-state index contributed by atoms with van der Waals surface area (Å²) < 4.78 is 16.4. The zero-order chi connectivity index (χ0) is 18.7. The van der Waals surface area contributed by atoms with Gasteiger partial charge in [0, 0.05) is 11.9 Å². The average Bonchev–Trinajstić information content (AvgIpc) is 3.12. The van der Waals surface area contributed by atoms with Crippen LogP contribution in [0, 0.1) is 0 Å². The molecule has 1 aromatic heterocycles. The number of fused-ring (bicyclic) bond motifs is 1. The van der Waals surface area contributed by atoms with E-state index >= 15 is 0 Å². The summed E-state index contributed by atoms with van der Waals surface area (Å²) in [6, 6.07) is 15.0. The molecule has 0 aliphatic rings. The van der Waals surface area contributed by atoms with Crippen LogP contribution in [-0.2, 0) is 0 Å². The number of nitrogens with zero attached hydrogens (tertiary/aromatic N) is 1. The van der Waals surface area contributed by atoms with Gasteiger partial charge in [-0.1, -0.05) is 24.3 Å². The number of furan rings is 1. The normalized spacial score (nSPS) is 12.0. The average molecular weight is 353 g/mol. The first-order valence-corrected chi connectivity index (χ1v) is 8.60. The van der Waals surface area contributed by atoms with Crippen LogP contribution >= 0.6 is 0 Å². The number of hydrogen-bond donors (Lipinski definition) is 0. The maximum atomic E-state index is 13.1. The molecule has 0 N–H and O–H groups in total. The minimum absolute atomic E-state index is 0.113. The maximum absolute atomic E-state index is 13.1. The summed E-state index contributed by atoms with van der Waals surface area (Å²) in [6.45, 7) is 4.52. The summed E-state index contributed by atoms with van der Waals surface area (Å²) in [5.74, 6) is 1.54. The van der Waals surface area contributed by atoms with Crippen molar-refractivity contribution in [3.63, 3.8) is 0 Å². The Labute approximate surface area is 153 Å². The Morgan fingerprint density at radius 2 is 1.88 bits per heavy atom. The van der Waals surface area contributed by atoms with Gasteiger partial charge in [0.25, 0.3) is 5.91 Å². The Kier molecular flexibility index (Phi) is 5.16. The molecule has 1 amide bonds. The van der Waals surface area contributed by atoms with Gasteiger partial charge in [0.2, 0.25) is 0 Å². The fourth-order valence-corrected chi connectivity index (χ4v) is 3.12. The monoisotopic (exact) mass is 353 g/mol. The third-order valence-corrected chi connectivity index (χ3v) is 4.58. The van der Waals surface area contributed by atoms with Gasteiger partial charge in [0.15, 0.2) is 17.1 Å². The maximum Gasteiger partial charge on any atom is 0.290 e. The molecule has 0 fully saturated rings. The van der Waals surface area contributed by atoms with Gasteiger partial charge < -0.3 is 18.8 Å². The number of ether oxygens (including phenoxy) is 2. The Hall–Kier alpha value is -2.95. The second kappa shape index (κ2) is 7.52. The van der Waals surface area contributed by atoms with Crippen LogP contribution in [0.15, 0.2) is 52.9 Å². The summed E-state index contributed by atoms with van der Waals surface area (Å²) in [4.78, 5) is 14.9. The topological polar surface area (TPSA) is 51.9 Å². The molecule has 26 heavy (non-hydrogen) atoms. The van der Waals surface area contributed by atoms with Crippen molar-refractivity contribution in [2.75, 3.05) is 20.8 Å². The lowest BCUT2D eigenvalue weighted by molar-refractivity contribution is 0.0671. The van der Waals surface area contributed by atoms with E-state index in [0.717, 1.165) is 16.7 Å². The molecule has 0 radical (unpaired) electrons. The molecule has 0 saturated heterocycles. The van der Waals surface area contributed by atoms with E-state index in [2.05, 4.69) is 0 Å². The molecule has 1 heterocycles. The first-order chi connectivity index (χ1) is 12.6. The molecule has 3 rings (SSSR count). The molecule has 1 unspecified atom stereocenters. The highest BCUT2D eigenvalue weighted by molar-refractivity contribution is 5.97. The summed E-state index contributed by atoms with van der Waals surface area (Å²) in [5, 5.41) is 0.845. The van der Waals surface area contributed by atoms with Gasteiger partial charge in [0.1, 0.15) is 5.75 Å². The number of rotatable bonds is 6. The lowest BCUT2D eigenvalue weighted by Crippen LogP contribution is -2.33. The molecule has 0 bridgehead atoms. The fraction of sp³-hybridized carbons (Fsp3) is 0.286. The molecular formula is C21H23NO4. The van der Waals surface area contributed by atoms with Gasteiger partial charge in [-0.2, -0.15) is 0 Å². The number of carbonyl (C=O) groups is 1. The van der Waals surface area contributed by atoms with E-state index < -0.39 is 0 Å². The van der Waals surface area contributed by atoms with Crippen LogP contribution in [0.3, 0.4) is 0 Å². The minimum Gasteiger partial charge on any atom is -0.497 e. The van der Waals surface area contributed by atoms with E-state index in [1.165, 1.54) is 0 Å². The summed E-state index contributed by atoms with van der Waals surface area (Å²) in [7, 11) is 3.22. The molecule has 0 aliphatic heterocycles. The van der Waals surface area contributed by atoms with Gasteiger partial charge in [0.05, 0.1) is 20.3 Å². The van der Waals surface area contributed by atoms with E-state index in [9.17, 15) is 4.79 Å². The van der Waals surface area contributed by atoms with Crippen molar-refractivity contribution in [3.8, 4) is 11.5 Å². The zero-order valence-electron chi connectivity index (χ0n) is 15.5. The van der Waals surface area contributed by atoms with Gasteiger partial charge >= 0.3 is 0 Å². The number of hydrogen-bond acceptors (Lipinski definition) is 4. The minimum atomic E-state index is -0.152. The SMILES string of the molecule is CCN(C(=O)c1cc2cccc(OC)c2o1)C(C)c1cccc(OC)c1. The molecule has 5 nitrogen and oxygen atoms in total. The van der Waals surface area contributed by atoms with Crippen molar-refractivity contribution in [1.29, 1.82) is 0 Å². The number of methoxy groups -OCH3 is 2. The highest BCUT2D eigenvalue weighted by Crippen LogP contribution is 2.31. The lowest BCUT2D eigenvalue weighted by Gasteiger charge is -2.27. The molecule has 0 spiro atoms. The predicted octanol–water partition coefficient (Wildman–Crippen LogP) is 4.67. The first kappa shape index (κ1) is 17.9. The Morgan fingerprint density at radius 1 is 1.12 bits per heavy atom. The van der Waals surface area contributed by atoms with Crippen LogP contribution in [0.5, 0.6) is 11.5 Å². The zero-order valence-corrected chi connectivity index (χ0v) is 15.5. The second-order valence-electron chi connectivity index (χ2n) is 6.03. The van der Waals surface area contributed by atoms with Crippen LogP contribution in [0.25, 0.3) is 11.0 Å². The van der Waals surface area contributed by atoms with Gasteiger partial charge in [-0.25, -0.2) is 0 Å². The van der Waals surface area contributed by atoms with E-state index in [1.54, 1.807) is 25.2 Å². The van der Waals surface area contributed by atoms with Gasteiger partial charge in [-0.3, -0.25) is 4.79 Å². The molecule has 1 atom stereocenters. The Balaban J connectivity index is 1.93. The van der Waals surface area contributed by atoms with Crippen LogP contribution in [0.2, 0.25) is 0 Å². The standard InChI is InChI=1S/C21H23NO4/c1-5-22(14(2)15-8-6-10-17(12-15)24-3)21(23)19-13-16-9-7-11-18(25-4)20(16)26-19/h6-14H,5H2,1-4H3. The van der Waals surface area contributed by atoms with Crippen LogP contribution in [0.4, 0.5) is 0 Å². The molecule has 5 heteroatoms. The summed E-state index contributed by atoms with van der Waals surface area (Å²) in [6.07, 6.45) is 0. The first-order valence-electron chi connectivity index (χ1n) is 8.60. The third kappa shape index (κ3) is 3.25. The van der Waals surface area contributed by atoms with E-state index in [1.807, 2.05) is 56.3 Å². The quantitative estimate of drug-likeness (QED) is 0.646. The van der Waals surface area contributed by atoms with Crippen LogP contribution in [0.1, 0.15) is 36.0 Å². The molecule has 0 saturated carbocycles. The molecule has 136 valence electrons. The lowest BCUT2D eigenvalue weighted by atomic mass is 10.1. The van der Waals surface area contributed by atoms with Crippen molar-refractivity contribution in [3.05, 3.63) is 59.9 Å². The Bertz CT molecular complexity index is 915. The van der Waals surface area contributed by atoms with Crippen LogP contribution < -0.4 is 9.47 Å². The summed E-state index contributed by atoms with van der Waals surface area (Å²) in [5.41, 5.74) is 1.59. The van der Waals surface area contributed by atoms with Gasteiger partial charge in [-0.15, -0.1) is 0 Å². The second-order valence-corrected chi connectivity index (χ2v) is 6.03. The molecule has 3 aromatic rings. The molecule has 0 aliphatic carbocycles. The highest BCUT2D eigenvalue weighted by Gasteiger charge is 2.25. The van der Waals surface area contributed by atoms with Crippen LogP contribution in [-0.4, -0.2) is 31.6 Å². The highest BCUT2D eigenvalue weighted by atomic mass is 16.5. The molecular weight excluding hydrogens is 330 g/mol. The van der Waals surface area contributed by atoms with Crippen molar-refractivity contribution in [2.24, 2.45) is 0 Å². The molecule has 2 aromatic carbocycles. The van der Waals surface area contributed by atoms with Crippen molar-refractivity contribution >= 4 is 16.9 Å². The summed E-state index contributed by atoms with van der Waals surface area (Å²) >= 11 is 0. The number of para-hydroxylation sites is 1. The van der Waals surface area contributed by atoms with Gasteiger partial charge in [-0.05, 0) is 43.7 Å². The van der Waals surface area contributed by atoms with Crippen molar-refractivity contribution in [1.82, 2.24) is 4.90 Å². The van der Waals surface area contributed by atoms with E-state index in [-0.39, 0.29) is 11.9 Å². The third-order valence-electron chi connectivity index (χ3n) is 4.58. The van der Waals surface area contributed by atoms with Crippen molar-refractivity contribution in [2.45, 2.75) is 19.9 Å². The number of benzene rings is 2. The van der Waals surface area contributed by atoms with E-state index in [0.29, 0.717) is 23.6 Å². The number of amides is 1. The van der Waals surface area contributed by atoms with Crippen molar-refractivity contribution < 1.29 is 18.7 Å². The van der Waals surface area contributed by atoms with E-state index in [4.69, 9.17) is 13.9 Å². The smallest absolute Gasteiger partial charge is 0.290 e. The predicted molar refractivity (Wildman–Crippen MR) is 101 cm³/mol. The Morgan fingerprint density at radius 3 is 2.58 bits per heavy atom. The fourth-order valence-electron chi connectivity index (χ4n) is 3.12. The number of carbonyl (C=O) groups excluding carboxylic acids is 1. The largest absolute Gasteiger partial charge is 0.497 e.